The minimum absolute atomic E-state index is 0.0300. The zero-order valence-corrected chi connectivity index (χ0v) is 18.2. The van der Waals surface area contributed by atoms with E-state index in [1.165, 1.54) is 0 Å². The van der Waals surface area contributed by atoms with Gasteiger partial charge >= 0.3 is 5.97 Å². The Bertz CT molecular complexity index is 828. The van der Waals surface area contributed by atoms with Crippen molar-refractivity contribution in [2.45, 2.75) is 83.0 Å². The van der Waals surface area contributed by atoms with E-state index >= 15 is 0 Å². The van der Waals surface area contributed by atoms with Gasteiger partial charge in [0.15, 0.2) is 0 Å². The number of rotatable bonds is 3. The Morgan fingerprint density at radius 3 is 2.60 bits per heavy atom. The van der Waals surface area contributed by atoms with Crippen molar-refractivity contribution in [2.24, 2.45) is 22.7 Å². The topological polar surface area (TPSA) is 104 Å². The number of carbonyl (C=O) groups is 2. The molecule has 3 fully saturated rings. The van der Waals surface area contributed by atoms with Gasteiger partial charge in [-0.2, -0.15) is 0 Å². The second-order valence-electron chi connectivity index (χ2n) is 10.9. The third kappa shape index (κ3) is 2.80. The van der Waals surface area contributed by atoms with E-state index < -0.39 is 42.1 Å². The highest BCUT2D eigenvalue weighted by Gasteiger charge is 2.67. The Kier molecular flexibility index (Phi) is 4.89. The molecule has 0 radical (unpaired) electrons. The van der Waals surface area contributed by atoms with Gasteiger partial charge in [-0.25, -0.2) is 0 Å². The van der Waals surface area contributed by atoms with Crippen LogP contribution in [0.25, 0.3) is 0 Å². The lowest BCUT2D eigenvalue weighted by molar-refractivity contribution is -0.231. The predicted octanol–water partition coefficient (Wildman–Crippen LogP) is 2.45. The van der Waals surface area contributed by atoms with E-state index in [4.69, 9.17) is 4.74 Å². The number of ketones is 1. The fourth-order valence-electron chi connectivity index (χ4n) is 7.27. The summed E-state index contributed by atoms with van der Waals surface area (Å²) in [4.78, 5) is 25.7. The molecule has 6 nitrogen and oxygen atoms in total. The number of esters is 1. The quantitative estimate of drug-likeness (QED) is 0.480. The maximum absolute atomic E-state index is 13.2. The Labute approximate surface area is 178 Å². The van der Waals surface area contributed by atoms with Crippen molar-refractivity contribution in [3.8, 4) is 0 Å². The molecule has 2 saturated carbocycles. The van der Waals surface area contributed by atoms with Crippen LogP contribution >= 0.6 is 0 Å². The number of hydrogen-bond acceptors (Lipinski definition) is 6. The Balaban J connectivity index is 1.78. The van der Waals surface area contributed by atoms with Gasteiger partial charge in [-0.05, 0) is 60.0 Å². The second-order valence-corrected chi connectivity index (χ2v) is 10.9. The smallest absolute Gasteiger partial charge is 0.310 e. The average molecular weight is 419 g/mol. The summed E-state index contributed by atoms with van der Waals surface area (Å²) in [7, 11) is 0. The van der Waals surface area contributed by atoms with E-state index in [9.17, 15) is 24.9 Å². The van der Waals surface area contributed by atoms with Crippen molar-refractivity contribution in [1.82, 2.24) is 0 Å². The number of hydrogen-bond donors (Lipinski definition) is 3. The molecule has 166 valence electrons. The van der Waals surface area contributed by atoms with Gasteiger partial charge in [0.05, 0.1) is 13.0 Å². The van der Waals surface area contributed by atoms with Crippen LogP contribution in [0.1, 0.15) is 65.7 Å². The molecule has 1 aliphatic heterocycles. The summed E-state index contributed by atoms with van der Waals surface area (Å²) in [5.41, 5.74) is -2.81. The van der Waals surface area contributed by atoms with Crippen LogP contribution in [0.2, 0.25) is 0 Å². The second kappa shape index (κ2) is 6.75. The number of fused-ring (bicyclic) bond motifs is 3. The lowest BCUT2D eigenvalue weighted by Gasteiger charge is -2.60. The van der Waals surface area contributed by atoms with Gasteiger partial charge in [0, 0.05) is 6.42 Å². The largest absolute Gasteiger partial charge is 0.448 e. The summed E-state index contributed by atoms with van der Waals surface area (Å²) in [5, 5.41) is 31.9. The Hall–Kier alpha value is -1.50. The van der Waals surface area contributed by atoms with E-state index in [1.54, 1.807) is 0 Å². The van der Waals surface area contributed by atoms with Crippen molar-refractivity contribution in [2.75, 3.05) is 6.61 Å². The Morgan fingerprint density at radius 1 is 1.23 bits per heavy atom. The number of ether oxygens (including phenoxy) is 1. The lowest BCUT2D eigenvalue weighted by atomic mass is 9.46. The highest BCUT2D eigenvalue weighted by atomic mass is 16.6. The first-order chi connectivity index (χ1) is 13.9. The fraction of sp³-hybridized carbons (Fsp3) is 0.750. The highest BCUT2D eigenvalue weighted by Crippen LogP contribution is 2.63. The molecule has 3 aliphatic carbocycles. The number of allylic oxidation sites excluding steroid dienone is 1. The minimum atomic E-state index is -1.99. The first-order valence-corrected chi connectivity index (χ1v) is 11.1. The zero-order chi connectivity index (χ0) is 22.1. The minimum Gasteiger partial charge on any atom is -0.448 e. The van der Waals surface area contributed by atoms with Crippen molar-refractivity contribution < 1.29 is 29.6 Å². The van der Waals surface area contributed by atoms with Crippen molar-refractivity contribution in [3.63, 3.8) is 0 Å². The predicted molar refractivity (Wildman–Crippen MR) is 110 cm³/mol. The van der Waals surface area contributed by atoms with Gasteiger partial charge in [0.2, 0.25) is 11.4 Å². The van der Waals surface area contributed by atoms with Crippen LogP contribution in [0, 0.1) is 22.7 Å². The van der Waals surface area contributed by atoms with E-state index in [2.05, 4.69) is 27.4 Å². The van der Waals surface area contributed by atoms with Crippen LogP contribution in [-0.2, 0) is 14.3 Å². The van der Waals surface area contributed by atoms with Gasteiger partial charge in [0.1, 0.15) is 11.7 Å². The first kappa shape index (κ1) is 21.7. The third-order valence-corrected chi connectivity index (χ3v) is 8.88. The van der Waals surface area contributed by atoms with E-state index in [-0.39, 0.29) is 28.7 Å². The maximum atomic E-state index is 13.2. The summed E-state index contributed by atoms with van der Waals surface area (Å²) >= 11 is 0. The van der Waals surface area contributed by atoms with Crippen LogP contribution < -0.4 is 0 Å². The molecular formula is C24H34O6. The van der Waals surface area contributed by atoms with Gasteiger partial charge in [0.25, 0.3) is 0 Å². The van der Waals surface area contributed by atoms with Crippen LogP contribution in [0.5, 0.6) is 0 Å². The van der Waals surface area contributed by atoms with Gasteiger partial charge in [-0.15, -0.1) is 0 Å². The molecule has 4 aliphatic rings. The molecule has 3 N–H and O–H groups in total. The van der Waals surface area contributed by atoms with Crippen molar-refractivity contribution >= 4 is 11.8 Å². The fourth-order valence-corrected chi connectivity index (χ4v) is 7.27. The summed E-state index contributed by atoms with van der Waals surface area (Å²) in [6, 6.07) is 0. The van der Waals surface area contributed by atoms with Gasteiger partial charge < -0.3 is 20.1 Å². The molecule has 6 atom stereocenters. The SMILES string of the molecule is C=C1CC[C@H]2C(C)(C)CCC[C@]2(C)[C@H]1C[C@@]12OC(=O)C[C@](O)(C(CO)=CC1=O)[C@H]2O. The molecule has 2 bridgehead atoms. The third-order valence-electron chi connectivity index (χ3n) is 8.88. The van der Waals surface area contributed by atoms with Crippen LogP contribution in [0.15, 0.2) is 23.8 Å². The molecule has 0 spiro atoms. The van der Waals surface area contributed by atoms with Crippen molar-refractivity contribution in [1.29, 1.82) is 0 Å². The lowest BCUT2D eigenvalue weighted by Crippen LogP contribution is -2.71. The molecule has 0 aromatic carbocycles. The average Bonchev–Trinajstić information content (AvgIpc) is 2.64. The molecular weight excluding hydrogens is 384 g/mol. The summed E-state index contributed by atoms with van der Waals surface area (Å²) < 4.78 is 5.59. The summed E-state index contributed by atoms with van der Waals surface area (Å²) in [6.07, 6.45) is 4.27. The summed E-state index contributed by atoms with van der Waals surface area (Å²) in [6.45, 7) is 10.6. The number of carbonyl (C=O) groups excluding carboxylic acids is 2. The van der Waals surface area contributed by atoms with E-state index in [0.29, 0.717) is 5.92 Å². The standard InChI is InChI=1S/C24H34O6/c1-14-6-7-17-21(2,3)8-5-9-22(17,4)16(14)11-24-18(26)10-15(13-25)23(29,20(24)28)12-19(27)30-24/h10,16-17,20,25,28-29H,1,5-9,11-13H2,2-4H3/t16-,17-,20+,22+,23-,24+/m0/s1. The molecule has 0 amide bonds. The molecule has 1 heterocycles. The molecule has 0 unspecified atom stereocenters. The first-order valence-electron chi connectivity index (χ1n) is 11.1. The van der Waals surface area contributed by atoms with Crippen LogP contribution in [-0.4, -0.2) is 51.0 Å². The van der Waals surface area contributed by atoms with Crippen LogP contribution in [0.4, 0.5) is 0 Å². The van der Waals surface area contributed by atoms with E-state index in [1.807, 2.05) is 0 Å². The van der Waals surface area contributed by atoms with Gasteiger partial charge in [-0.3, -0.25) is 9.59 Å². The summed E-state index contributed by atoms with van der Waals surface area (Å²) in [5.74, 6) is -0.982. The van der Waals surface area contributed by atoms with Gasteiger partial charge in [-0.1, -0.05) is 39.3 Å². The maximum Gasteiger partial charge on any atom is 0.310 e. The molecule has 0 aromatic rings. The van der Waals surface area contributed by atoms with Crippen molar-refractivity contribution in [3.05, 3.63) is 23.8 Å². The van der Waals surface area contributed by atoms with E-state index in [0.717, 1.165) is 43.8 Å². The number of aliphatic hydroxyl groups is 3. The molecule has 6 heteroatoms. The van der Waals surface area contributed by atoms with Crippen LogP contribution in [0.3, 0.4) is 0 Å². The molecule has 30 heavy (non-hydrogen) atoms. The molecule has 4 rings (SSSR count). The normalized spacial score (nSPS) is 45.5. The number of aliphatic hydroxyl groups excluding tert-OH is 2. The highest BCUT2D eigenvalue weighted by molar-refractivity contribution is 6.03. The Morgan fingerprint density at radius 2 is 1.93 bits per heavy atom. The monoisotopic (exact) mass is 418 g/mol. The zero-order valence-electron chi connectivity index (χ0n) is 18.2. The molecule has 0 aromatic heterocycles. The molecule has 1 saturated heterocycles.